The van der Waals surface area contributed by atoms with Gasteiger partial charge >= 0.3 is 0 Å². The molecule has 0 aliphatic carbocycles. The molecule has 2 nitrogen and oxygen atoms in total. The number of aromatic nitrogens is 1. The highest BCUT2D eigenvalue weighted by molar-refractivity contribution is 9.10. The zero-order valence-corrected chi connectivity index (χ0v) is 13.9. The molecule has 2 aromatic rings. The molecule has 98 valence electrons. The Morgan fingerprint density at radius 2 is 1.83 bits per heavy atom. The van der Waals surface area contributed by atoms with Gasteiger partial charge in [0.2, 0.25) is 0 Å². The van der Waals surface area contributed by atoms with Gasteiger partial charge in [-0.1, -0.05) is 54.8 Å². The summed E-state index contributed by atoms with van der Waals surface area (Å²) in [4.78, 5) is 4.64. The van der Waals surface area contributed by atoms with Crippen LogP contribution >= 0.6 is 15.9 Å². The Morgan fingerprint density at radius 3 is 2.44 bits per heavy atom. The minimum Gasteiger partial charge on any atom is -0.441 e. The Balaban J connectivity index is 2.31. The SMILES string of the molecule is CC[Si](CC)(CC)Cc1nc2cc(Br)ccc2o1. The molecule has 0 aliphatic heterocycles. The molecule has 0 radical (unpaired) electrons. The average molecular weight is 326 g/mol. The first-order chi connectivity index (χ1) is 8.62. The van der Waals surface area contributed by atoms with Crippen molar-refractivity contribution in [2.24, 2.45) is 0 Å². The third kappa shape index (κ3) is 2.69. The van der Waals surface area contributed by atoms with Gasteiger partial charge in [0.25, 0.3) is 0 Å². The normalized spacial score (nSPS) is 12.2. The van der Waals surface area contributed by atoms with Crippen LogP contribution in [0.3, 0.4) is 0 Å². The molecule has 1 heterocycles. The van der Waals surface area contributed by atoms with Crippen LogP contribution in [-0.4, -0.2) is 13.1 Å². The van der Waals surface area contributed by atoms with E-state index in [1.54, 1.807) is 0 Å². The predicted octanol–water partition coefficient (Wildman–Crippen LogP) is 5.18. The summed E-state index contributed by atoms with van der Waals surface area (Å²) in [5, 5.41) is 0. The topological polar surface area (TPSA) is 26.0 Å². The Labute approximate surface area is 118 Å². The number of benzene rings is 1. The van der Waals surface area contributed by atoms with E-state index in [1.807, 2.05) is 18.2 Å². The molecule has 1 aromatic carbocycles. The Kier molecular flexibility index (Phi) is 4.28. The Morgan fingerprint density at radius 1 is 1.17 bits per heavy atom. The van der Waals surface area contributed by atoms with Crippen LogP contribution in [0.15, 0.2) is 27.1 Å². The molecule has 0 aliphatic rings. The monoisotopic (exact) mass is 325 g/mol. The number of nitrogens with zero attached hydrogens (tertiary/aromatic N) is 1. The smallest absolute Gasteiger partial charge is 0.192 e. The van der Waals surface area contributed by atoms with Crippen LogP contribution in [0.1, 0.15) is 26.7 Å². The molecule has 0 N–H and O–H groups in total. The first kappa shape index (κ1) is 13.8. The van der Waals surface area contributed by atoms with Crippen molar-refractivity contribution in [1.29, 1.82) is 0 Å². The highest BCUT2D eigenvalue weighted by Gasteiger charge is 2.29. The van der Waals surface area contributed by atoms with Crippen molar-refractivity contribution in [3.05, 3.63) is 28.6 Å². The molecule has 0 saturated heterocycles. The van der Waals surface area contributed by atoms with Crippen LogP contribution < -0.4 is 0 Å². The van der Waals surface area contributed by atoms with E-state index in [4.69, 9.17) is 4.42 Å². The van der Waals surface area contributed by atoms with E-state index in [1.165, 1.54) is 18.1 Å². The Bertz CT molecular complexity index is 525. The van der Waals surface area contributed by atoms with Gasteiger partial charge < -0.3 is 4.42 Å². The third-order valence-electron chi connectivity index (χ3n) is 4.17. The van der Waals surface area contributed by atoms with E-state index in [9.17, 15) is 0 Å². The van der Waals surface area contributed by atoms with Gasteiger partial charge in [-0.2, -0.15) is 0 Å². The summed E-state index contributed by atoms with van der Waals surface area (Å²) in [6.45, 7) is 6.95. The van der Waals surface area contributed by atoms with Crippen molar-refractivity contribution in [3.8, 4) is 0 Å². The summed E-state index contributed by atoms with van der Waals surface area (Å²) in [5.41, 5.74) is 1.87. The van der Waals surface area contributed by atoms with Crippen molar-refractivity contribution in [2.75, 3.05) is 0 Å². The van der Waals surface area contributed by atoms with E-state index in [2.05, 4.69) is 41.7 Å². The number of oxazole rings is 1. The van der Waals surface area contributed by atoms with Crippen molar-refractivity contribution in [2.45, 2.75) is 44.9 Å². The van der Waals surface area contributed by atoms with Crippen LogP contribution in [0.25, 0.3) is 11.1 Å². The van der Waals surface area contributed by atoms with Gasteiger partial charge in [-0.3, -0.25) is 0 Å². The van der Waals surface area contributed by atoms with Gasteiger partial charge in [-0.05, 0) is 18.2 Å². The van der Waals surface area contributed by atoms with Crippen LogP contribution in [0.4, 0.5) is 0 Å². The highest BCUT2D eigenvalue weighted by atomic mass is 79.9. The summed E-state index contributed by atoms with van der Waals surface area (Å²) in [5.74, 6) is 0.931. The third-order valence-corrected chi connectivity index (χ3v) is 10.2. The maximum atomic E-state index is 5.89. The van der Waals surface area contributed by atoms with Gasteiger partial charge in [-0.25, -0.2) is 4.98 Å². The first-order valence-electron chi connectivity index (χ1n) is 6.67. The number of hydrogen-bond donors (Lipinski definition) is 0. The standard InChI is InChI=1S/C14H20BrNOSi/c1-4-18(5-2,6-3)10-14-16-12-9-11(15)7-8-13(12)17-14/h7-9H,4-6,10H2,1-3H3. The van der Waals surface area contributed by atoms with Crippen molar-refractivity contribution in [3.63, 3.8) is 0 Å². The number of hydrogen-bond acceptors (Lipinski definition) is 2. The molecular weight excluding hydrogens is 306 g/mol. The van der Waals surface area contributed by atoms with Crippen LogP contribution in [-0.2, 0) is 6.04 Å². The minimum atomic E-state index is -1.20. The zero-order valence-electron chi connectivity index (χ0n) is 11.3. The average Bonchev–Trinajstić information content (AvgIpc) is 2.77. The molecule has 0 amide bonds. The van der Waals surface area contributed by atoms with Crippen LogP contribution in [0.2, 0.25) is 18.1 Å². The summed E-state index contributed by atoms with van der Waals surface area (Å²) in [6.07, 6.45) is 0. The van der Waals surface area contributed by atoms with Gasteiger partial charge in [0.1, 0.15) is 5.52 Å². The predicted molar refractivity (Wildman–Crippen MR) is 82.6 cm³/mol. The molecule has 0 unspecified atom stereocenters. The van der Waals surface area contributed by atoms with Crippen LogP contribution in [0, 0.1) is 0 Å². The quantitative estimate of drug-likeness (QED) is 0.708. The van der Waals surface area contributed by atoms with Gasteiger partial charge in [0.05, 0.1) is 8.07 Å². The maximum absolute atomic E-state index is 5.89. The second kappa shape index (κ2) is 5.57. The molecule has 0 fully saturated rings. The van der Waals surface area contributed by atoms with E-state index >= 15 is 0 Å². The first-order valence-corrected chi connectivity index (χ1v) is 10.3. The second-order valence-electron chi connectivity index (χ2n) is 4.96. The van der Waals surface area contributed by atoms with Gasteiger partial charge in [-0.15, -0.1) is 0 Å². The van der Waals surface area contributed by atoms with Crippen molar-refractivity contribution in [1.82, 2.24) is 4.98 Å². The lowest BCUT2D eigenvalue weighted by Gasteiger charge is -2.26. The number of halogens is 1. The summed E-state index contributed by atoms with van der Waals surface area (Å²) in [6, 6.07) is 11.0. The fourth-order valence-corrected chi connectivity index (χ4v) is 5.86. The molecule has 2 rings (SSSR count). The molecule has 18 heavy (non-hydrogen) atoms. The molecule has 4 heteroatoms. The number of fused-ring (bicyclic) bond motifs is 1. The molecule has 0 bridgehead atoms. The zero-order chi connectivity index (χ0) is 13.2. The Hall–Kier alpha value is -0.613. The summed E-state index contributed by atoms with van der Waals surface area (Å²) >= 11 is 3.47. The highest BCUT2D eigenvalue weighted by Crippen LogP contribution is 2.27. The van der Waals surface area contributed by atoms with Crippen LogP contribution in [0.5, 0.6) is 0 Å². The van der Waals surface area contributed by atoms with Gasteiger partial charge in [0, 0.05) is 10.5 Å². The minimum absolute atomic E-state index is 0.902. The lowest BCUT2D eigenvalue weighted by molar-refractivity contribution is 0.550. The van der Waals surface area contributed by atoms with E-state index in [0.29, 0.717) is 0 Å². The number of rotatable bonds is 5. The molecular formula is C14H20BrNOSi. The fraction of sp³-hybridized carbons (Fsp3) is 0.500. The van der Waals surface area contributed by atoms with E-state index in [0.717, 1.165) is 27.5 Å². The lowest BCUT2D eigenvalue weighted by Crippen LogP contribution is -2.34. The lowest BCUT2D eigenvalue weighted by atomic mass is 10.3. The second-order valence-corrected chi connectivity index (χ2v) is 11.3. The van der Waals surface area contributed by atoms with E-state index in [-0.39, 0.29) is 0 Å². The molecule has 0 spiro atoms. The fourth-order valence-electron chi connectivity index (χ4n) is 2.47. The van der Waals surface area contributed by atoms with Crippen molar-refractivity contribution < 1.29 is 4.42 Å². The largest absolute Gasteiger partial charge is 0.441 e. The van der Waals surface area contributed by atoms with E-state index < -0.39 is 8.07 Å². The molecule has 0 saturated carbocycles. The van der Waals surface area contributed by atoms with Gasteiger partial charge in [0.15, 0.2) is 11.5 Å². The van der Waals surface area contributed by atoms with Crippen molar-refractivity contribution >= 4 is 35.1 Å². The molecule has 0 atom stereocenters. The maximum Gasteiger partial charge on any atom is 0.192 e. The summed E-state index contributed by atoms with van der Waals surface area (Å²) < 4.78 is 6.94. The summed E-state index contributed by atoms with van der Waals surface area (Å²) in [7, 11) is -1.20. The molecule has 1 aromatic heterocycles.